The molecule has 0 unspecified atom stereocenters. The number of aromatic amines is 1. The molecule has 6 nitrogen and oxygen atoms in total. The number of rotatable bonds is 3. The molecule has 1 amide bonds. The predicted octanol–water partition coefficient (Wildman–Crippen LogP) is 1.94. The fourth-order valence-electron chi connectivity index (χ4n) is 2.11. The molecule has 0 saturated carbocycles. The third-order valence-corrected chi connectivity index (χ3v) is 3.09. The number of nitrogens with one attached hydrogen (secondary N) is 3. The number of aromatic nitrogens is 1. The molecule has 6 heteroatoms. The summed E-state index contributed by atoms with van der Waals surface area (Å²) in [5.74, 6) is -0.806. The summed E-state index contributed by atoms with van der Waals surface area (Å²) in [6.07, 6.45) is 3.17. The number of amides is 1. The number of H-pyrrole nitrogens is 1. The van der Waals surface area contributed by atoms with Crippen LogP contribution in [0.1, 0.15) is 35.6 Å². The number of aryl methyl sites for hydroxylation is 1. The molecule has 0 spiro atoms. The van der Waals surface area contributed by atoms with Gasteiger partial charge >= 0.3 is 5.97 Å². The van der Waals surface area contributed by atoms with Crippen LogP contribution in [0.25, 0.3) is 6.08 Å². The van der Waals surface area contributed by atoms with Crippen molar-refractivity contribution in [2.24, 2.45) is 0 Å². The van der Waals surface area contributed by atoms with E-state index in [4.69, 9.17) is 10.1 Å². The van der Waals surface area contributed by atoms with Crippen molar-refractivity contribution in [1.82, 2.24) is 10.3 Å². The Morgan fingerprint density at radius 1 is 1.48 bits per heavy atom. The van der Waals surface area contributed by atoms with Gasteiger partial charge in [-0.15, -0.1) is 0 Å². The summed E-state index contributed by atoms with van der Waals surface area (Å²) in [4.78, 5) is 26.8. The number of hydrogen-bond donors (Lipinski definition) is 3. The second-order valence-corrected chi connectivity index (χ2v) is 4.59. The molecular formula is C15H17N3O3. The summed E-state index contributed by atoms with van der Waals surface area (Å²) in [5.41, 5.74) is 2.41. The Balaban J connectivity index is 2.44. The summed E-state index contributed by atoms with van der Waals surface area (Å²) in [5, 5.41) is 10.6. The zero-order valence-corrected chi connectivity index (χ0v) is 12.2. The molecule has 1 fully saturated rings. The number of carbonyl (C=O) groups is 2. The third kappa shape index (κ3) is 2.79. The Morgan fingerprint density at radius 3 is 2.76 bits per heavy atom. The molecule has 21 heavy (non-hydrogen) atoms. The first kappa shape index (κ1) is 14.8. The zero-order valence-electron chi connectivity index (χ0n) is 12.2. The predicted molar refractivity (Wildman–Crippen MR) is 79.1 cm³/mol. The number of esters is 1. The standard InChI is InChI=1S/C15H17N3O3/c1-4-11-13(16)10(14(19)18-11)7-12-9(6-8(3)17-12)15(20)21-5-2/h4,6-7,16-17H,5H2,1-3H3,(H,18,19)/b10-7-,11-4+,16-13?. The van der Waals surface area contributed by atoms with Gasteiger partial charge in [0.25, 0.3) is 5.91 Å². The van der Waals surface area contributed by atoms with Crippen molar-refractivity contribution in [2.75, 3.05) is 6.61 Å². The molecule has 2 heterocycles. The Labute approximate surface area is 122 Å². The van der Waals surface area contributed by atoms with E-state index in [9.17, 15) is 9.59 Å². The fourth-order valence-corrected chi connectivity index (χ4v) is 2.11. The highest BCUT2D eigenvalue weighted by molar-refractivity contribution is 6.35. The van der Waals surface area contributed by atoms with Gasteiger partial charge in [0, 0.05) is 5.69 Å². The minimum atomic E-state index is -0.454. The molecule has 1 aromatic heterocycles. The molecule has 0 atom stereocenters. The van der Waals surface area contributed by atoms with Crippen molar-refractivity contribution >= 4 is 23.7 Å². The Bertz CT molecular complexity index is 680. The van der Waals surface area contributed by atoms with E-state index >= 15 is 0 Å². The topological polar surface area (TPSA) is 95.0 Å². The molecule has 1 aliphatic heterocycles. The molecule has 1 aliphatic rings. The molecule has 1 aromatic rings. The van der Waals surface area contributed by atoms with E-state index in [2.05, 4.69) is 10.3 Å². The van der Waals surface area contributed by atoms with Gasteiger partial charge in [0.1, 0.15) is 0 Å². The highest BCUT2D eigenvalue weighted by Crippen LogP contribution is 2.20. The quantitative estimate of drug-likeness (QED) is 0.585. The summed E-state index contributed by atoms with van der Waals surface area (Å²) >= 11 is 0. The van der Waals surface area contributed by atoms with Crippen molar-refractivity contribution in [3.63, 3.8) is 0 Å². The van der Waals surface area contributed by atoms with Crippen LogP contribution in [0.4, 0.5) is 0 Å². The van der Waals surface area contributed by atoms with Gasteiger partial charge in [-0.2, -0.15) is 0 Å². The van der Waals surface area contributed by atoms with Crippen molar-refractivity contribution in [1.29, 1.82) is 5.41 Å². The van der Waals surface area contributed by atoms with E-state index in [0.29, 0.717) is 17.0 Å². The van der Waals surface area contributed by atoms with E-state index in [-0.39, 0.29) is 23.8 Å². The zero-order chi connectivity index (χ0) is 15.6. The number of allylic oxidation sites excluding steroid dienone is 2. The molecule has 110 valence electrons. The van der Waals surface area contributed by atoms with Crippen molar-refractivity contribution in [3.05, 3.63) is 40.4 Å². The van der Waals surface area contributed by atoms with E-state index in [0.717, 1.165) is 5.69 Å². The molecule has 3 N–H and O–H groups in total. The summed E-state index contributed by atoms with van der Waals surface area (Å²) < 4.78 is 4.99. The van der Waals surface area contributed by atoms with Crippen LogP contribution in [0.5, 0.6) is 0 Å². The maximum Gasteiger partial charge on any atom is 0.340 e. The fraction of sp³-hybridized carbons (Fsp3) is 0.267. The summed E-state index contributed by atoms with van der Waals surface area (Å²) in [6.45, 7) is 5.56. The van der Waals surface area contributed by atoms with E-state index in [1.165, 1.54) is 6.08 Å². The number of carbonyl (C=O) groups excluding carboxylic acids is 2. The molecular weight excluding hydrogens is 270 g/mol. The van der Waals surface area contributed by atoms with Crippen molar-refractivity contribution in [3.8, 4) is 0 Å². The molecule has 0 radical (unpaired) electrons. The SMILES string of the molecule is C/C=C1/NC(=O)/C(=C\c2[nH]c(C)cc2C(=O)OCC)C1=N. The van der Waals surface area contributed by atoms with Crippen molar-refractivity contribution < 1.29 is 14.3 Å². The van der Waals surface area contributed by atoms with Crippen LogP contribution >= 0.6 is 0 Å². The minimum absolute atomic E-state index is 0.115. The van der Waals surface area contributed by atoms with Gasteiger partial charge < -0.3 is 15.0 Å². The van der Waals surface area contributed by atoms with Crippen molar-refractivity contribution in [2.45, 2.75) is 20.8 Å². The van der Waals surface area contributed by atoms with Gasteiger partial charge in [-0.25, -0.2) is 4.79 Å². The summed E-state index contributed by atoms with van der Waals surface area (Å²) in [7, 11) is 0. The normalized spacial score (nSPS) is 18.4. The van der Waals surface area contributed by atoms with Crippen LogP contribution in [0, 0.1) is 12.3 Å². The van der Waals surface area contributed by atoms with Gasteiger partial charge in [-0.05, 0) is 32.9 Å². The Hall–Kier alpha value is -2.63. The highest BCUT2D eigenvalue weighted by Gasteiger charge is 2.27. The van der Waals surface area contributed by atoms with E-state index in [1.807, 2.05) is 6.92 Å². The Kier molecular flexibility index (Phi) is 4.07. The molecule has 0 aromatic carbocycles. The van der Waals surface area contributed by atoms with Gasteiger partial charge in [0.2, 0.25) is 0 Å². The lowest BCUT2D eigenvalue weighted by molar-refractivity contribution is -0.115. The van der Waals surface area contributed by atoms with Crippen LogP contribution in [-0.4, -0.2) is 29.2 Å². The van der Waals surface area contributed by atoms with Crippen LogP contribution in [0.15, 0.2) is 23.4 Å². The van der Waals surface area contributed by atoms with Crippen LogP contribution < -0.4 is 5.32 Å². The van der Waals surface area contributed by atoms with Gasteiger partial charge in [-0.3, -0.25) is 10.2 Å². The van der Waals surface area contributed by atoms with Gasteiger partial charge in [0.15, 0.2) is 0 Å². The van der Waals surface area contributed by atoms with Crippen LogP contribution in [0.3, 0.4) is 0 Å². The lowest BCUT2D eigenvalue weighted by Crippen LogP contribution is -2.13. The Morgan fingerprint density at radius 2 is 2.19 bits per heavy atom. The largest absolute Gasteiger partial charge is 0.462 e. The average molecular weight is 287 g/mol. The molecule has 0 bridgehead atoms. The smallest absolute Gasteiger partial charge is 0.340 e. The minimum Gasteiger partial charge on any atom is -0.462 e. The van der Waals surface area contributed by atoms with Crippen LogP contribution in [-0.2, 0) is 9.53 Å². The lowest BCUT2D eigenvalue weighted by Gasteiger charge is -2.01. The van der Waals surface area contributed by atoms with Crippen LogP contribution in [0.2, 0.25) is 0 Å². The van der Waals surface area contributed by atoms with Gasteiger partial charge in [-0.1, -0.05) is 6.08 Å². The number of hydrogen-bond acceptors (Lipinski definition) is 4. The van der Waals surface area contributed by atoms with Gasteiger partial charge in [0.05, 0.1) is 34.8 Å². The maximum absolute atomic E-state index is 11.9. The highest BCUT2D eigenvalue weighted by atomic mass is 16.5. The lowest BCUT2D eigenvalue weighted by atomic mass is 10.1. The number of ether oxygens (including phenoxy) is 1. The monoisotopic (exact) mass is 287 g/mol. The third-order valence-electron chi connectivity index (χ3n) is 3.09. The molecule has 0 aliphatic carbocycles. The second-order valence-electron chi connectivity index (χ2n) is 4.59. The molecule has 1 saturated heterocycles. The molecule has 2 rings (SSSR count). The summed E-state index contributed by atoms with van der Waals surface area (Å²) in [6, 6.07) is 1.66. The first-order valence-corrected chi connectivity index (χ1v) is 6.63. The first-order chi connectivity index (χ1) is 9.97. The van der Waals surface area contributed by atoms with E-state index in [1.54, 1.807) is 26.0 Å². The van der Waals surface area contributed by atoms with E-state index < -0.39 is 5.97 Å². The average Bonchev–Trinajstić information content (AvgIpc) is 2.93. The maximum atomic E-state index is 11.9. The first-order valence-electron chi connectivity index (χ1n) is 6.63. The second kappa shape index (κ2) is 5.78.